The first-order chi connectivity index (χ1) is 17.5. The van der Waals surface area contributed by atoms with E-state index in [9.17, 15) is 14.7 Å². The fourth-order valence-electron chi connectivity index (χ4n) is 3.87. The van der Waals surface area contributed by atoms with Crippen LogP contribution in [0.1, 0.15) is 24.0 Å². The zero-order valence-electron chi connectivity index (χ0n) is 20.6. The number of rotatable bonds is 8. The average Bonchev–Trinajstić information content (AvgIpc) is 3.60. The van der Waals surface area contributed by atoms with E-state index in [4.69, 9.17) is 11.6 Å². The van der Waals surface area contributed by atoms with Crippen molar-refractivity contribution in [3.63, 3.8) is 0 Å². The monoisotopic (exact) mass is 526 g/mol. The zero-order valence-corrected chi connectivity index (χ0v) is 23.3. The number of carboxylic acids is 1. The molecule has 3 aromatic carbocycles. The van der Waals surface area contributed by atoms with E-state index in [1.165, 1.54) is 0 Å². The van der Waals surface area contributed by atoms with Gasteiger partial charge in [-0.3, -0.25) is 9.36 Å². The summed E-state index contributed by atoms with van der Waals surface area (Å²) in [5, 5.41) is 22.8. The van der Waals surface area contributed by atoms with E-state index in [0.717, 1.165) is 27.9 Å². The Morgan fingerprint density at radius 1 is 1.08 bits per heavy atom. The van der Waals surface area contributed by atoms with Crippen molar-refractivity contribution in [3.05, 3.63) is 95.3 Å². The van der Waals surface area contributed by atoms with Gasteiger partial charge in [0, 0.05) is 23.0 Å². The molecule has 1 saturated carbocycles. The van der Waals surface area contributed by atoms with E-state index in [-0.39, 0.29) is 36.2 Å². The van der Waals surface area contributed by atoms with Crippen molar-refractivity contribution in [3.8, 4) is 16.8 Å². The molecule has 8 nitrogen and oxygen atoms in total. The third-order valence-corrected chi connectivity index (χ3v) is 6.46. The Balaban J connectivity index is 0.000000269. The molecule has 0 unspecified atom stereocenters. The van der Waals surface area contributed by atoms with Crippen LogP contribution in [0.3, 0.4) is 0 Å². The van der Waals surface area contributed by atoms with Gasteiger partial charge in [-0.25, -0.2) is 0 Å². The van der Waals surface area contributed by atoms with Crippen LogP contribution < -0.4 is 40.0 Å². The smallest absolute Gasteiger partial charge is 0.549 e. The standard InChI is InChI=1S/C19H18N4O2.C8H7ClO2.Na/c1-20-18-22-21-12-23(18)16-8-4-14(5-9-16)13-2-6-15(7-3-13)19(10-11-19)17(24)25;9-8-4-2-1-3-7(8)5-11-6-10;/h2-9,12H,10-11H2,1H3,(H,20,22)(H,24,25);1-4,6H,5H2;/q;;+1/p-1. The molecule has 5 rings (SSSR count). The summed E-state index contributed by atoms with van der Waals surface area (Å²) >= 11 is 5.76. The minimum atomic E-state index is -0.973. The molecule has 1 aliphatic rings. The fourth-order valence-corrected chi connectivity index (χ4v) is 4.06. The number of ether oxygens (including phenoxy) is 1. The van der Waals surface area contributed by atoms with Gasteiger partial charge in [0.2, 0.25) is 5.95 Å². The first kappa shape index (κ1) is 28.4. The molecule has 0 radical (unpaired) electrons. The van der Waals surface area contributed by atoms with Gasteiger partial charge < -0.3 is 20.0 Å². The molecule has 1 heterocycles. The minimum absolute atomic E-state index is 0. The predicted molar refractivity (Wildman–Crippen MR) is 135 cm³/mol. The van der Waals surface area contributed by atoms with Crippen LogP contribution in [-0.2, 0) is 26.3 Å². The van der Waals surface area contributed by atoms with E-state index in [2.05, 4.69) is 20.3 Å². The number of nitrogens with one attached hydrogen (secondary N) is 1. The van der Waals surface area contributed by atoms with Crippen molar-refractivity contribution >= 4 is 30.0 Å². The summed E-state index contributed by atoms with van der Waals surface area (Å²) in [6.07, 6.45) is 2.98. The van der Waals surface area contributed by atoms with Gasteiger partial charge in [0.15, 0.2) is 0 Å². The van der Waals surface area contributed by atoms with E-state index in [0.29, 0.717) is 30.3 Å². The van der Waals surface area contributed by atoms with E-state index < -0.39 is 11.4 Å². The number of carbonyl (C=O) groups excluding carboxylic acids is 2. The SMILES string of the molecule is CNc1nncn1-c1ccc(-c2ccc(C3(C(=O)[O-])CC3)cc2)cc1.O=COCc1ccccc1Cl.[Na+]. The Hall–Kier alpha value is -3.17. The Bertz CT molecular complexity index is 1340. The number of anilines is 1. The third-order valence-electron chi connectivity index (χ3n) is 6.09. The van der Waals surface area contributed by atoms with Gasteiger partial charge in [-0.05, 0) is 47.7 Å². The summed E-state index contributed by atoms with van der Waals surface area (Å²) in [6.45, 7) is 0.645. The maximum Gasteiger partial charge on any atom is 1.00 e. The van der Waals surface area contributed by atoms with E-state index in [1.54, 1.807) is 19.4 Å². The molecule has 37 heavy (non-hydrogen) atoms. The van der Waals surface area contributed by atoms with Crippen molar-refractivity contribution in [1.29, 1.82) is 0 Å². The van der Waals surface area contributed by atoms with Gasteiger partial charge in [0.1, 0.15) is 12.9 Å². The molecule has 1 fully saturated rings. The van der Waals surface area contributed by atoms with Crippen molar-refractivity contribution < 1.29 is 49.0 Å². The summed E-state index contributed by atoms with van der Waals surface area (Å²) < 4.78 is 6.40. The second kappa shape index (κ2) is 12.9. The molecule has 0 aliphatic heterocycles. The molecule has 0 saturated heterocycles. The van der Waals surface area contributed by atoms with Gasteiger partial charge in [-0.15, -0.1) is 10.2 Å². The van der Waals surface area contributed by atoms with Crippen molar-refractivity contribution in [2.75, 3.05) is 12.4 Å². The van der Waals surface area contributed by atoms with Crippen LogP contribution in [0.5, 0.6) is 0 Å². The molecule has 4 aromatic rings. The van der Waals surface area contributed by atoms with Crippen LogP contribution in [0, 0.1) is 0 Å². The summed E-state index contributed by atoms with van der Waals surface area (Å²) in [5.41, 5.74) is 3.95. The summed E-state index contributed by atoms with van der Waals surface area (Å²) in [7, 11) is 1.80. The van der Waals surface area contributed by atoms with Crippen LogP contribution in [0.25, 0.3) is 16.8 Å². The number of hydrogen-bond donors (Lipinski definition) is 1. The van der Waals surface area contributed by atoms with Crippen LogP contribution in [-0.4, -0.2) is 34.3 Å². The van der Waals surface area contributed by atoms with E-state index in [1.807, 2.05) is 71.3 Å². The van der Waals surface area contributed by atoms with Gasteiger partial charge in [-0.1, -0.05) is 66.2 Å². The number of nitrogens with zero attached hydrogens (tertiary/aromatic N) is 3. The second-order valence-electron chi connectivity index (χ2n) is 8.27. The first-order valence-electron chi connectivity index (χ1n) is 11.3. The summed E-state index contributed by atoms with van der Waals surface area (Å²) in [4.78, 5) is 21.1. The Morgan fingerprint density at radius 2 is 1.70 bits per heavy atom. The minimum Gasteiger partial charge on any atom is -0.549 e. The molecule has 10 heteroatoms. The van der Waals surface area contributed by atoms with Crippen molar-refractivity contribution in [2.24, 2.45) is 0 Å². The molecular formula is C27H24ClN4NaO4. The number of carboxylic acid groups (broad SMARTS) is 1. The molecule has 184 valence electrons. The average molecular weight is 527 g/mol. The zero-order chi connectivity index (χ0) is 25.5. The maximum absolute atomic E-state index is 11.3. The largest absolute Gasteiger partial charge is 1.00 e. The van der Waals surface area contributed by atoms with Crippen LogP contribution in [0.15, 0.2) is 79.1 Å². The van der Waals surface area contributed by atoms with Crippen molar-refractivity contribution in [1.82, 2.24) is 14.8 Å². The summed E-state index contributed by atoms with van der Waals surface area (Å²) in [5.74, 6) is -0.298. The maximum atomic E-state index is 11.3. The Labute approximate surface area is 241 Å². The molecule has 0 bridgehead atoms. The topological polar surface area (TPSA) is 109 Å². The van der Waals surface area contributed by atoms with Crippen LogP contribution in [0.2, 0.25) is 5.02 Å². The van der Waals surface area contributed by atoms with Gasteiger partial charge in [-0.2, -0.15) is 0 Å². The van der Waals surface area contributed by atoms with Gasteiger partial charge in [0.05, 0.1) is 11.7 Å². The molecule has 1 aliphatic carbocycles. The number of hydrogen-bond acceptors (Lipinski definition) is 7. The Morgan fingerprint density at radius 3 is 2.24 bits per heavy atom. The first-order valence-corrected chi connectivity index (χ1v) is 11.7. The fraction of sp³-hybridized carbons (Fsp3) is 0.185. The van der Waals surface area contributed by atoms with Crippen molar-refractivity contribution in [2.45, 2.75) is 24.9 Å². The molecule has 0 atom stereocenters. The van der Waals surface area contributed by atoms with Gasteiger partial charge >= 0.3 is 29.6 Å². The normalized spacial score (nSPS) is 12.8. The molecule has 0 amide bonds. The number of carbonyl (C=O) groups is 2. The quantitative estimate of drug-likeness (QED) is 0.267. The Kier molecular flexibility index (Phi) is 9.88. The van der Waals surface area contributed by atoms with Crippen LogP contribution in [0.4, 0.5) is 5.95 Å². The molecule has 0 spiro atoms. The third kappa shape index (κ3) is 6.59. The number of halogens is 1. The molecule has 1 N–H and O–H groups in total. The summed E-state index contributed by atoms with van der Waals surface area (Å²) in [6, 6.07) is 23.0. The second-order valence-corrected chi connectivity index (χ2v) is 8.67. The number of benzene rings is 3. The van der Waals surface area contributed by atoms with Crippen LogP contribution >= 0.6 is 11.6 Å². The number of aliphatic carboxylic acids is 1. The predicted octanol–water partition coefficient (Wildman–Crippen LogP) is 0.775. The number of aromatic nitrogens is 3. The van der Waals surface area contributed by atoms with Gasteiger partial charge in [0.25, 0.3) is 6.47 Å². The molecule has 1 aromatic heterocycles. The van der Waals surface area contributed by atoms with E-state index >= 15 is 0 Å². The molecular weight excluding hydrogens is 503 g/mol.